The Kier molecular flexibility index (Phi) is 8.20. The summed E-state index contributed by atoms with van der Waals surface area (Å²) in [6, 6.07) is 13.9. The summed E-state index contributed by atoms with van der Waals surface area (Å²) in [5.41, 5.74) is 1.23. The van der Waals surface area contributed by atoms with Crippen LogP contribution in [-0.2, 0) is 16.1 Å². The molecule has 0 saturated carbocycles. The number of amides is 2. The molecule has 1 aliphatic heterocycles. The molecular weight excluding hydrogens is 458 g/mol. The molecule has 3 N–H and O–H groups in total. The van der Waals surface area contributed by atoms with Crippen molar-refractivity contribution in [1.29, 1.82) is 0 Å². The van der Waals surface area contributed by atoms with Crippen LogP contribution in [0.5, 0.6) is 0 Å². The second-order valence-corrected chi connectivity index (χ2v) is 9.17. The van der Waals surface area contributed by atoms with Gasteiger partial charge in [0.2, 0.25) is 11.8 Å². The van der Waals surface area contributed by atoms with E-state index in [4.69, 9.17) is 0 Å². The number of para-hydroxylation sites is 1. The number of hydrogen-bond acceptors (Lipinski definition) is 5. The van der Waals surface area contributed by atoms with Gasteiger partial charge in [-0.3, -0.25) is 23.9 Å². The second kappa shape index (κ2) is 11.7. The van der Waals surface area contributed by atoms with Gasteiger partial charge in [0.25, 0.3) is 5.56 Å². The third-order valence-corrected chi connectivity index (χ3v) is 6.55. The third kappa shape index (κ3) is 6.02. The van der Waals surface area contributed by atoms with E-state index in [-0.39, 0.29) is 24.8 Å². The Balaban J connectivity index is 1.42. The fourth-order valence-electron chi connectivity index (χ4n) is 4.61. The Hall–Kier alpha value is -3.88. The summed E-state index contributed by atoms with van der Waals surface area (Å²) < 4.78 is 1.38. The Morgan fingerprint density at radius 2 is 1.83 bits per heavy atom. The lowest BCUT2D eigenvalue weighted by atomic mass is 10.1. The summed E-state index contributed by atoms with van der Waals surface area (Å²) in [6.07, 6.45) is 4.53. The van der Waals surface area contributed by atoms with E-state index >= 15 is 0 Å². The van der Waals surface area contributed by atoms with E-state index in [1.54, 1.807) is 24.3 Å². The van der Waals surface area contributed by atoms with Gasteiger partial charge < -0.3 is 15.5 Å². The first-order valence-electron chi connectivity index (χ1n) is 12.6. The minimum absolute atomic E-state index is 0.00368. The molecule has 2 amide bonds. The zero-order valence-corrected chi connectivity index (χ0v) is 20.6. The predicted octanol–water partition coefficient (Wildman–Crippen LogP) is 2.99. The molecule has 4 rings (SSSR count). The Morgan fingerprint density at radius 1 is 1.06 bits per heavy atom. The van der Waals surface area contributed by atoms with Crippen molar-refractivity contribution in [3.05, 3.63) is 69.4 Å². The molecule has 1 saturated heterocycles. The zero-order valence-electron chi connectivity index (χ0n) is 20.6. The maximum Gasteiger partial charge on any atom is 0.328 e. The average Bonchev–Trinajstić information content (AvgIpc) is 3.42. The van der Waals surface area contributed by atoms with Gasteiger partial charge in [0, 0.05) is 37.4 Å². The number of hydrogen-bond donors (Lipinski definition) is 3. The predicted molar refractivity (Wildman–Crippen MR) is 141 cm³/mol. The molecule has 0 spiro atoms. The molecule has 0 radical (unpaired) electrons. The summed E-state index contributed by atoms with van der Waals surface area (Å²) >= 11 is 0. The first kappa shape index (κ1) is 25.2. The molecule has 2 aromatic carbocycles. The largest absolute Gasteiger partial charge is 0.371 e. The van der Waals surface area contributed by atoms with Gasteiger partial charge in [-0.15, -0.1) is 0 Å². The van der Waals surface area contributed by atoms with Gasteiger partial charge in [0.15, 0.2) is 0 Å². The molecule has 9 heteroatoms. The molecule has 3 aromatic rings. The second-order valence-electron chi connectivity index (χ2n) is 9.17. The van der Waals surface area contributed by atoms with Crippen LogP contribution in [0.4, 0.5) is 11.4 Å². The van der Waals surface area contributed by atoms with Crippen LogP contribution >= 0.6 is 0 Å². The quantitative estimate of drug-likeness (QED) is 0.403. The van der Waals surface area contributed by atoms with Gasteiger partial charge in [-0.05, 0) is 49.6 Å². The molecule has 0 bridgehead atoms. The SMILES string of the molecule is CCCCC(NC(=O)CCn1c(=O)[nH]c(=O)c2ccccc21)C(=O)Nc1cccc(N2CCCC2)c1. The number of aryl methyl sites for hydroxylation is 1. The zero-order chi connectivity index (χ0) is 25.5. The fourth-order valence-corrected chi connectivity index (χ4v) is 4.61. The smallest absolute Gasteiger partial charge is 0.328 e. The van der Waals surface area contributed by atoms with Crippen LogP contribution in [0.25, 0.3) is 10.9 Å². The molecule has 36 heavy (non-hydrogen) atoms. The number of benzene rings is 2. The van der Waals surface area contributed by atoms with Crippen molar-refractivity contribution in [2.45, 2.75) is 58.0 Å². The molecule has 1 aromatic heterocycles. The number of fused-ring (bicyclic) bond motifs is 1. The van der Waals surface area contributed by atoms with Crippen molar-refractivity contribution in [3.63, 3.8) is 0 Å². The average molecular weight is 492 g/mol. The molecule has 2 heterocycles. The summed E-state index contributed by atoms with van der Waals surface area (Å²) in [6.45, 7) is 4.15. The van der Waals surface area contributed by atoms with Gasteiger partial charge in [-0.25, -0.2) is 4.79 Å². The number of unbranched alkanes of at least 4 members (excludes halogenated alkanes) is 1. The lowest BCUT2D eigenvalue weighted by molar-refractivity contribution is -0.126. The number of aromatic nitrogens is 2. The Morgan fingerprint density at radius 3 is 2.61 bits per heavy atom. The molecule has 1 atom stereocenters. The minimum atomic E-state index is -0.683. The van der Waals surface area contributed by atoms with E-state index in [9.17, 15) is 19.2 Å². The summed E-state index contributed by atoms with van der Waals surface area (Å²) in [7, 11) is 0. The molecule has 1 fully saturated rings. The summed E-state index contributed by atoms with van der Waals surface area (Å²) in [4.78, 5) is 54.9. The number of H-pyrrole nitrogens is 1. The molecule has 0 aliphatic carbocycles. The van der Waals surface area contributed by atoms with Gasteiger partial charge >= 0.3 is 5.69 Å². The van der Waals surface area contributed by atoms with Crippen molar-refractivity contribution in [1.82, 2.24) is 14.9 Å². The van der Waals surface area contributed by atoms with Crippen LogP contribution in [0, 0.1) is 0 Å². The normalized spacial score (nSPS) is 14.1. The van der Waals surface area contributed by atoms with Gasteiger partial charge in [0.1, 0.15) is 6.04 Å². The highest BCUT2D eigenvalue weighted by atomic mass is 16.2. The highest BCUT2D eigenvalue weighted by molar-refractivity contribution is 5.97. The van der Waals surface area contributed by atoms with Crippen LogP contribution in [0.15, 0.2) is 58.1 Å². The number of carbonyl (C=O) groups is 2. The number of carbonyl (C=O) groups excluding carboxylic acids is 2. The van der Waals surface area contributed by atoms with E-state index in [1.807, 2.05) is 31.2 Å². The number of aromatic amines is 1. The van der Waals surface area contributed by atoms with Crippen LogP contribution in [0.2, 0.25) is 0 Å². The monoisotopic (exact) mass is 491 g/mol. The van der Waals surface area contributed by atoms with Gasteiger partial charge in [-0.1, -0.05) is 38.0 Å². The van der Waals surface area contributed by atoms with Crippen molar-refractivity contribution >= 4 is 34.1 Å². The van der Waals surface area contributed by atoms with Crippen LogP contribution in [0.3, 0.4) is 0 Å². The molecule has 9 nitrogen and oxygen atoms in total. The topological polar surface area (TPSA) is 116 Å². The number of nitrogens with one attached hydrogen (secondary N) is 3. The van der Waals surface area contributed by atoms with E-state index < -0.39 is 17.3 Å². The summed E-state index contributed by atoms with van der Waals surface area (Å²) in [5.74, 6) is -0.596. The number of anilines is 2. The van der Waals surface area contributed by atoms with Crippen molar-refractivity contribution in [2.75, 3.05) is 23.3 Å². The molecule has 1 aliphatic rings. The lowest BCUT2D eigenvalue weighted by Crippen LogP contribution is -2.44. The Labute approximate surface area is 209 Å². The van der Waals surface area contributed by atoms with E-state index in [1.165, 1.54) is 17.4 Å². The maximum atomic E-state index is 13.1. The van der Waals surface area contributed by atoms with E-state index in [2.05, 4.69) is 20.5 Å². The first-order chi connectivity index (χ1) is 17.5. The molecule has 190 valence electrons. The maximum absolute atomic E-state index is 13.1. The van der Waals surface area contributed by atoms with E-state index in [0.29, 0.717) is 23.0 Å². The highest BCUT2D eigenvalue weighted by Crippen LogP contribution is 2.23. The standard InChI is InChI=1S/C27H33N5O4/c1-2-3-12-22(26(35)28-19-9-8-10-20(18-19)31-15-6-7-16-31)29-24(33)14-17-32-23-13-5-4-11-21(23)25(34)30-27(32)36/h4-5,8-11,13,18,22H,2-3,6-7,12,14-17H2,1H3,(H,28,35)(H,29,33)(H,30,34,36). The number of nitrogens with zero attached hydrogens (tertiary/aromatic N) is 2. The van der Waals surface area contributed by atoms with Crippen molar-refractivity contribution in [3.8, 4) is 0 Å². The highest BCUT2D eigenvalue weighted by Gasteiger charge is 2.21. The molecular formula is C27H33N5O4. The fraction of sp³-hybridized carbons (Fsp3) is 0.407. The summed E-state index contributed by atoms with van der Waals surface area (Å²) in [5, 5.41) is 6.18. The Bertz CT molecular complexity index is 1340. The lowest BCUT2D eigenvalue weighted by Gasteiger charge is -2.21. The van der Waals surface area contributed by atoms with Gasteiger partial charge in [-0.2, -0.15) is 0 Å². The van der Waals surface area contributed by atoms with Crippen LogP contribution < -0.4 is 26.8 Å². The van der Waals surface area contributed by atoms with Gasteiger partial charge in [0.05, 0.1) is 10.9 Å². The van der Waals surface area contributed by atoms with E-state index in [0.717, 1.165) is 31.6 Å². The minimum Gasteiger partial charge on any atom is -0.371 e. The van der Waals surface area contributed by atoms with Crippen LogP contribution in [-0.4, -0.2) is 40.5 Å². The third-order valence-electron chi connectivity index (χ3n) is 6.55. The van der Waals surface area contributed by atoms with Crippen molar-refractivity contribution in [2.24, 2.45) is 0 Å². The number of rotatable bonds is 10. The van der Waals surface area contributed by atoms with Crippen LogP contribution in [0.1, 0.15) is 45.4 Å². The molecule has 1 unspecified atom stereocenters. The van der Waals surface area contributed by atoms with Crippen molar-refractivity contribution < 1.29 is 9.59 Å². The first-order valence-corrected chi connectivity index (χ1v) is 12.6.